The van der Waals surface area contributed by atoms with Crippen LogP contribution in [0.3, 0.4) is 0 Å². The number of aromatic nitrogens is 4. The predicted molar refractivity (Wildman–Crippen MR) is 105 cm³/mol. The smallest absolute Gasteiger partial charge is 0.144 e. The molecule has 0 bridgehead atoms. The van der Waals surface area contributed by atoms with Gasteiger partial charge in [0, 0.05) is 53.7 Å². The highest BCUT2D eigenvalue weighted by atomic mass is 16.5. The minimum Gasteiger partial charge on any atom is -0.491 e. The third-order valence-corrected chi connectivity index (χ3v) is 4.78. The molecule has 138 valence electrons. The van der Waals surface area contributed by atoms with Crippen molar-refractivity contribution in [3.63, 3.8) is 0 Å². The van der Waals surface area contributed by atoms with Crippen LogP contribution in [-0.2, 0) is 6.42 Å². The maximum atomic E-state index is 5.82. The predicted octanol–water partition coefficient (Wildman–Crippen LogP) is 3.70. The molecule has 0 amide bonds. The van der Waals surface area contributed by atoms with Crippen molar-refractivity contribution < 1.29 is 4.74 Å². The first-order chi connectivity index (χ1) is 13.1. The lowest BCUT2D eigenvalue weighted by Crippen LogP contribution is -2.12. The summed E-state index contributed by atoms with van der Waals surface area (Å²) < 4.78 is 5.82. The van der Waals surface area contributed by atoms with Crippen LogP contribution in [-0.4, -0.2) is 33.1 Å². The van der Waals surface area contributed by atoms with Crippen molar-refractivity contribution in [3.8, 4) is 17.0 Å². The fourth-order valence-corrected chi connectivity index (χ4v) is 3.30. The van der Waals surface area contributed by atoms with Crippen molar-refractivity contribution in [1.29, 1.82) is 0 Å². The van der Waals surface area contributed by atoms with E-state index in [9.17, 15) is 0 Å². The standard InChI is InChI=1S/C21H23N5O/c1-13(17-8-15(3)26-18-6-7-27-21(17)18)10-23-20-9-19(24-12-25-20)16-5-4-14(2)22-11-16/h4-5,8-9,11-13H,6-7,10H2,1-3H3,(H,23,24,25)/t13-/m1/s1. The Hall–Kier alpha value is -3.02. The van der Waals surface area contributed by atoms with Crippen LogP contribution in [0, 0.1) is 13.8 Å². The van der Waals surface area contributed by atoms with E-state index >= 15 is 0 Å². The monoisotopic (exact) mass is 361 g/mol. The lowest BCUT2D eigenvalue weighted by Gasteiger charge is -2.17. The van der Waals surface area contributed by atoms with Gasteiger partial charge in [-0.3, -0.25) is 9.97 Å². The largest absolute Gasteiger partial charge is 0.491 e. The minimum absolute atomic E-state index is 0.276. The Balaban J connectivity index is 1.49. The van der Waals surface area contributed by atoms with Crippen molar-refractivity contribution in [3.05, 3.63) is 59.4 Å². The molecule has 6 heteroatoms. The van der Waals surface area contributed by atoms with Gasteiger partial charge in [-0.2, -0.15) is 0 Å². The zero-order valence-electron chi connectivity index (χ0n) is 15.9. The molecule has 3 aromatic heterocycles. The van der Waals surface area contributed by atoms with E-state index in [1.165, 1.54) is 5.56 Å². The number of nitrogens with one attached hydrogen (secondary N) is 1. The van der Waals surface area contributed by atoms with Crippen LogP contribution in [0.1, 0.15) is 35.5 Å². The van der Waals surface area contributed by atoms with Crippen molar-refractivity contribution in [2.45, 2.75) is 33.1 Å². The number of nitrogens with zero attached hydrogens (tertiary/aromatic N) is 4. The van der Waals surface area contributed by atoms with Crippen molar-refractivity contribution in [2.24, 2.45) is 0 Å². The topological polar surface area (TPSA) is 72.8 Å². The summed E-state index contributed by atoms with van der Waals surface area (Å²) in [6.45, 7) is 7.67. The lowest BCUT2D eigenvalue weighted by molar-refractivity contribution is 0.352. The average Bonchev–Trinajstić information content (AvgIpc) is 3.14. The highest BCUT2D eigenvalue weighted by molar-refractivity contribution is 5.61. The molecule has 0 saturated carbocycles. The van der Waals surface area contributed by atoms with Gasteiger partial charge in [-0.25, -0.2) is 9.97 Å². The Morgan fingerprint density at radius 1 is 1.11 bits per heavy atom. The highest BCUT2D eigenvalue weighted by Gasteiger charge is 2.22. The summed E-state index contributed by atoms with van der Waals surface area (Å²) in [4.78, 5) is 17.7. The van der Waals surface area contributed by atoms with E-state index in [2.05, 4.69) is 38.2 Å². The van der Waals surface area contributed by atoms with Crippen LogP contribution in [0.5, 0.6) is 5.75 Å². The molecule has 0 aromatic carbocycles. The second-order valence-corrected chi connectivity index (χ2v) is 6.99. The molecule has 1 aliphatic rings. The zero-order chi connectivity index (χ0) is 18.8. The first-order valence-electron chi connectivity index (χ1n) is 9.22. The van der Waals surface area contributed by atoms with Gasteiger partial charge in [0.05, 0.1) is 18.0 Å². The van der Waals surface area contributed by atoms with Crippen molar-refractivity contribution >= 4 is 5.82 Å². The summed E-state index contributed by atoms with van der Waals surface area (Å²) in [5, 5.41) is 3.43. The third kappa shape index (κ3) is 3.74. The summed E-state index contributed by atoms with van der Waals surface area (Å²) in [6.07, 6.45) is 4.31. The molecular weight excluding hydrogens is 338 g/mol. The summed E-state index contributed by atoms with van der Waals surface area (Å²) in [5.41, 5.74) is 6.15. The Morgan fingerprint density at radius 3 is 2.81 bits per heavy atom. The van der Waals surface area contributed by atoms with Gasteiger partial charge in [0.2, 0.25) is 0 Å². The first-order valence-corrected chi connectivity index (χ1v) is 9.22. The summed E-state index contributed by atoms with van der Waals surface area (Å²) in [6, 6.07) is 8.09. The first kappa shape index (κ1) is 17.4. The fourth-order valence-electron chi connectivity index (χ4n) is 3.30. The van der Waals surface area contributed by atoms with E-state index < -0.39 is 0 Å². The van der Waals surface area contributed by atoms with Gasteiger partial charge in [0.25, 0.3) is 0 Å². The van der Waals surface area contributed by atoms with Crippen molar-refractivity contribution in [2.75, 3.05) is 18.5 Å². The maximum absolute atomic E-state index is 5.82. The summed E-state index contributed by atoms with van der Waals surface area (Å²) >= 11 is 0. The van der Waals surface area contributed by atoms with Gasteiger partial charge in [-0.15, -0.1) is 0 Å². The van der Waals surface area contributed by atoms with Gasteiger partial charge < -0.3 is 10.1 Å². The Kier molecular flexibility index (Phi) is 4.71. The second kappa shape index (κ2) is 7.31. The average molecular weight is 361 g/mol. The number of fused-ring (bicyclic) bond motifs is 1. The van der Waals surface area contributed by atoms with Crippen molar-refractivity contribution in [1.82, 2.24) is 19.9 Å². The van der Waals surface area contributed by atoms with Crippen LogP contribution in [0.4, 0.5) is 5.82 Å². The number of aryl methyl sites for hydroxylation is 2. The van der Waals surface area contributed by atoms with E-state index in [4.69, 9.17) is 4.74 Å². The number of anilines is 1. The molecule has 0 aliphatic carbocycles. The molecule has 0 saturated heterocycles. The summed E-state index contributed by atoms with van der Waals surface area (Å²) in [5.74, 6) is 2.04. The SMILES string of the molecule is Cc1ccc(-c2cc(NC[C@@H](C)c3cc(C)nc4c3OCC4)ncn2)cn1. The quantitative estimate of drug-likeness (QED) is 0.747. The molecule has 1 N–H and O–H groups in total. The summed E-state index contributed by atoms with van der Waals surface area (Å²) in [7, 11) is 0. The molecule has 1 atom stereocenters. The second-order valence-electron chi connectivity index (χ2n) is 6.99. The molecule has 4 heterocycles. The molecule has 0 spiro atoms. The van der Waals surface area contributed by atoms with Crippen LogP contribution in [0.2, 0.25) is 0 Å². The van der Waals surface area contributed by atoms with E-state index in [0.717, 1.165) is 59.5 Å². The number of ether oxygens (including phenoxy) is 1. The van der Waals surface area contributed by atoms with Gasteiger partial charge >= 0.3 is 0 Å². The number of hydrogen-bond acceptors (Lipinski definition) is 6. The molecular formula is C21H23N5O. The molecule has 4 rings (SSSR count). The molecule has 27 heavy (non-hydrogen) atoms. The molecule has 6 nitrogen and oxygen atoms in total. The number of hydrogen-bond donors (Lipinski definition) is 1. The number of pyridine rings is 2. The van der Waals surface area contributed by atoms with Crippen LogP contribution < -0.4 is 10.1 Å². The van der Waals surface area contributed by atoms with E-state index in [0.29, 0.717) is 0 Å². The van der Waals surface area contributed by atoms with E-state index in [-0.39, 0.29) is 5.92 Å². The number of rotatable bonds is 5. The molecule has 0 radical (unpaired) electrons. The maximum Gasteiger partial charge on any atom is 0.144 e. The van der Waals surface area contributed by atoms with E-state index in [1.54, 1.807) is 6.33 Å². The Morgan fingerprint density at radius 2 is 2.00 bits per heavy atom. The molecule has 1 aliphatic heterocycles. The van der Waals surface area contributed by atoms with Gasteiger partial charge in [-0.05, 0) is 32.0 Å². The van der Waals surface area contributed by atoms with Crippen LogP contribution >= 0.6 is 0 Å². The molecule has 0 unspecified atom stereocenters. The molecule has 3 aromatic rings. The van der Waals surface area contributed by atoms with Gasteiger partial charge in [-0.1, -0.05) is 6.92 Å². The van der Waals surface area contributed by atoms with Crippen LogP contribution in [0.25, 0.3) is 11.3 Å². The normalized spacial score (nSPS) is 13.7. The Bertz CT molecular complexity index is 955. The van der Waals surface area contributed by atoms with E-state index in [1.807, 2.05) is 38.2 Å². The Labute approximate surface area is 159 Å². The third-order valence-electron chi connectivity index (χ3n) is 4.78. The zero-order valence-corrected chi connectivity index (χ0v) is 15.9. The lowest BCUT2D eigenvalue weighted by atomic mass is 9.99. The fraction of sp³-hybridized carbons (Fsp3) is 0.333. The van der Waals surface area contributed by atoms with Gasteiger partial charge in [0.15, 0.2) is 0 Å². The van der Waals surface area contributed by atoms with Gasteiger partial charge in [0.1, 0.15) is 17.9 Å². The van der Waals surface area contributed by atoms with Crippen LogP contribution in [0.15, 0.2) is 36.8 Å². The highest BCUT2D eigenvalue weighted by Crippen LogP contribution is 2.34. The molecule has 0 fully saturated rings. The minimum atomic E-state index is 0.276.